The van der Waals surface area contributed by atoms with Crippen molar-refractivity contribution in [1.29, 1.82) is 0 Å². The van der Waals surface area contributed by atoms with Gasteiger partial charge in [0.25, 0.3) is 0 Å². The number of aryl methyl sites for hydroxylation is 3. The molecule has 0 heterocycles. The highest BCUT2D eigenvalue weighted by molar-refractivity contribution is 5.67. The summed E-state index contributed by atoms with van der Waals surface area (Å²) < 4.78 is 0. The summed E-state index contributed by atoms with van der Waals surface area (Å²) in [7, 11) is 0. The van der Waals surface area contributed by atoms with Crippen molar-refractivity contribution in [1.82, 2.24) is 0 Å². The summed E-state index contributed by atoms with van der Waals surface area (Å²) in [6.45, 7) is 8.25. The van der Waals surface area contributed by atoms with Crippen LogP contribution in [0.4, 0.5) is 5.69 Å². The van der Waals surface area contributed by atoms with Crippen LogP contribution in [0.5, 0.6) is 0 Å². The molecule has 0 aromatic heterocycles. The summed E-state index contributed by atoms with van der Waals surface area (Å²) in [5.74, 6) is -0.740. The molecule has 17 heavy (non-hydrogen) atoms. The van der Waals surface area contributed by atoms with Crippen molar-refractivity contribution in [3.05, 3.63) is 28.8 Å². The van der Waals surface area contributed by atoms with Crippen LogP contribution in [-0.2, 0) is 4.79 Å². The lowest BCUT2D eigenvalue weighted by Crippen LogP contribution is -2.18. The van der Waals surface area contributed by atoms with Gasteiger partial charge in [-0.2, -0.15) is 0 Å². The average Bonchev–Trinajstić information content (AvgIpc) is 2.20. The van der Waals surface area contributed by atoms with E-state index < -0.39 is 5.97 Å². The van der Waals surface area contributed by atoms with Gasteiger partial charge < -0.3 is 10.4 Å². The Bertz CT molecular complexity index is 390. The molecule has 0 saturated carbocycles. The van der Waals surface area contributed by atoms with E-state index in [0.29, 0.717) is 6.42 Å². The van der Waals surface area contributed by atoms with Gasteiger partial charge in [-0.15, -0.1) is 0 Å². The van der Waals surface area contributed by atoms with Crippen LogP contribution >= 0.6 is 0 Å². The Morgan fingerprint density at radius 3 is 2.29 bits per heavy atom. The van der Waals surface area contributed by atoms with Crippen molar-refractivity contribution in [3.8, 4) is 0 Å². The number of nitrogens with one attached hydrogen (secondary N) is 1. The molecular weight excluding hydrogens is 214 g/mol. The molecule has 1 rings (SSSR count). The minimum atomic E-state index is -0.740. The first-order valence-electron chi connectivity index (χ1n) is 5.96. The Morgan fingerprint density at radius 1 is 1.29 bits per heavy atom. The van der Waals surface area contributed by atoms with Crippen LogP contribution < -0.4 is 5.32 Å². The highest BCUT2D eigenvalue weighted by Gasteiger charge is 2.09. The van der Waals surface area contributed by atoms with Crippen LogP contribution in [0.1, 0.15) is 36.5 Å². The van der Waals surface area contributed by atoms with Gasteiger partial charge in [0.2, 0.25) is 0 Å². The number of carboxylic acid groups (broad SMARTS) is 1. The number of carbonyl (C=O) groups is 1. The van der Waals surface area contributed by atoms with Gasteiger partial charge in [-0.1, -0.05) is 17.7 Å². The van der Waals surface area contributed by atoms with Gasteiger partial charge in [0.1, 0.15) is 0 Å². The molecule has 0 amide bonds. The van der Waals surface area contributed by atoms with Crippen molar-refractivity contribution in [2.45, 2.75) is 46.6 Å². The molecule has 3 nitrogen and oxygen atoms in total. The summed E-state index contributed by atoms with van der Waals surface area (Å²) in [6.07, 6.45) is 0.847. The topological polar surface area (TPSA) is 49.3 Å². The average molecular weight is 235 g/mol. The van der Waals surface area contributed by atoms with Gasteiger partial charge in [0, 0.05) is 18.2 Å². The van der Waals surface area contributed by atoms with E-state index in [0.717, 1.165) is 5.69 Å². The number of hydrogen-bond donors (Lipinski definition) is 2. The zero-order valence-electron chi connectivity index (χ0n) is 11.0. The third-order valence-electron chi connectivity index (χ3n) is 2.86. The molecule has 1 aromatic carbocycles. The number of aliphatic carboxylic acids is 1. The SMILES string of the molecule is Cc1cc(C)c(NC(C)CCC(=O)O)c(C)c1. The summed E-state index contributed by atoms with van der Waals surface area (Å²) in [5.41, 5.74) is 4.81. The predicted molar refractivity (Wildman–Crippen MR) is 70.6 cm³/mol. The maximum Gasteiger partial charge on any atom is 0.303 e. The van der Waals surface area contributed by atoms with E-state index in [1.54, 1.807) is 0 Å². The minimum Gasteiger partial charge on any atom is -0.481 e. The summed E-state index contributed by atoms with van der Waals surface area (Å²) >= 11 is 0. The van der Waals surface area contributed by atoms with Crippen LogP contribution in [0, 0.1) is 20.8 Å². The highest BCUT2D eigenvalue weighted by Crippen LogP contribution is 2.23. The molecule has 0 spiro atoms. The number of rotatable bonds is 5. The Balaban J connectivity index is 2.71. The summed E-state index contributed by atoms with van der Waals surface area (Å²) in [5, 5.41) is 12.0. The van der Waals surface area contributed by atoms with Crippen molar-refractivity contribution >= 4 is 11.7 Å². The fourth-order valence-electron chi connectivity index (χ4n) is 2.07. The largest absolute Gasteiger partial charge is 0.481 e. The third-order valence-corrected chi connectivity index (χ3v) is 2.86. The van der Waals surface area contributed by atoms with Gasteiger partial charge in [0.05, 0.1) is 0 Å². The Kier molecular flexibility index (Phi) is 4.55. The van der Waals surface area contributed by atoms with E-state index in [-0.39, 0.29) is 12.5 Å². The first-order chi connectivity index (χ1) is 7.90. The van der Waals surface area contributed by atoms with E-state index in [9.17, 15) is 4.79 Å². The standard InChI is InChI=1S/C14H21NO2/c1-9-7-10(2)14(11(3)8-9)15-12(4)5-6-13(16)17/h7-8,12,15H,5-6H2,1-4H3,(H,16,17). The fourth-order valence-corrected chi connectivity index (χ4v) is 2.07. The molecule has 3 heteroatoms. The molecule has 94 valence electrons. The second kappa shape index (κ2) is 5.71. The Morgan fingerprint density at radius 2 is 1.82 bits per heavy atom. The number of carboxylic acids is 1. The van der Waals surface area contributed by atoms with Crippen LogP contribution in [0.15, 0.2) is 12.1 Å². The quantitative estimate of drug-likeness (QED) is 0.823. The van der Waals surface area contributed by atoms with Gasteiger partial charge >= 0.3 is 5.97 Å². The van der Waals surface area contributed by atoms with Gasteiger partial charge in [-0.3, -0.25) is 4.79 Å². The predicted octanol–water partition coefficient (Wildman–Crippen LogP) is 3.28. The molecule has 0 radical (unpaired) electrons. The molecule has 0 aliphatic heterocycles. The Hall–Kier alpha value is -1.51. The molecular formula is C14H21NO2. The highest BCUT2D eigenvalue weighted by atomic mass is 16.4. The lowest BCUT2D eigenvalue weighted by atomic mass is 10.0. The molecule has 0 fully saturated rings. The molecule has 2 N–H and O–H groups in total. The van der Waals surface area contributed by atoms with E-state index in [1.165, 1.54) is 16.7 Å². The molecule has 0 aliphatic carbocycles. The monoisotopic (exact) mass is 235 g/mol. The normalized spacial score (nSPS) is 12.2. The van der Waals surface area contributed by atoms with Crippen molar-refractivity contribution in [2.75, 3.05) is 5.32 Å². The Labute approximate surface area is 103 Å². The van der Waals surface area contributed by atoms with E-state index in [2.05, 4.69) is 38.2 Å². The number of benzene rings is 1. The fraction of sp³-hybridized carbons (Fsp3) is 0.500. The van der Waals surface area contributed by atoms with Crippen LogP contribution in [-0.4, -0.2) is 17.1 Å². The minimum absolute atomic E-state index is 0.172. The van der Waals surface area contributed by atoms with Gasteiger partial charge in [0.15, 0.2) is 0 Å². The van der Waals surface area contributed by atoms with E-state index >= 15 is 0 Å². The zero-order valence-corrected chi connectivity index (χ0v) is 11.0. The molecule has 1 aromatic rings. The van der Waals surface area contributed by atoms with Crippen molar-refractivity contribution in [2.24, 2.45) is 0 Å². The zero-order chi connectivity index (χ0) is 13.0. The molecule has 1 unspecified atom stereocenters. The number of hydrogen-bond acceptors (Lipinski definition) is 2. The van der Waals surface area contributed by atoms with Gasteiger partial charge in [-0.25, -0.2) is 0 Å². The molecule has 0 saturated heterocycles. The summed E-state index contributed by atoms with van der Waals surface area (Å²) in [6, 6.07) is 4.45. The molecule has 0 aliphatic rings. The smallest absolute Gasteiger partial charge is 0.303 e. The van der Waals surface area contributed by atoms with Gasteiger partial charge in [-0.05, 0) is 45.2 Å². The van der Waals surface area contributed by atoms with E-state index in [4.69, 9.17) is 5.11 Å². The third kappa shape index (κ3) is 4.10. The second-order valence-electron chi connectivity index (χ2n) is 4.75. The molecule has 0 bridgehead atoms. The maximum atomic E-state index is 10.5. The lowest BCUT2D eigenvalue weighted by molar-refractivity contribution is -0.137. The van der Waals surface area contributed by atoms with E-state index in [1.807, 2.05) is 6.92 Å². The summed E-state index contributed by atoms with van der Waals surface area (Å²) in [4.78, 5) is 10.5. The number of anilines is 1. The van der Waals surface area contributed by atoms with Crippen molar-refractivity contribution < 1.29 is 9.90 Å². The van der Waals surface area contributed by atoms with Crippen molar-refractivity contribution in [3.63, 3.8) is 0 Å². The van der Waals surface area contributed by atoms with Crippen LogP contribution in [0.3, 0.4) is 0 Å². The maximum absolute atomic E-state index is 10.5. The van der Waals surface area contributed by atoms with Crippen LogP contribution in [0.25, 0.3) is 0 Å². The van der Waals surface area contributed by atoms with Crippen LogP contribution in [0.2, 0.25) is 0 Å². The first kappa shape index (κ1) is 13.6. The lowest BCUT2D eigenvalue weighted by Gasteiger charge is -2.19. The first-order valence-corrected chi connectivity index (χ1v) is 5.96. The second-order valence-corrected chi connectivity index (χ2v) is 4.75. The molecule has 1 atom stereocenters.